The fourth-order valence-electron chi connectivity index (χ4n) is 1.63. The number of thiazole rings is 1. The van der Waals surface area contributed by atoms with Gasteiger partial charge in [0.15, 0.2) is 16.6 Å². The van der Waals surface area contributed by atoms with Crippen LogP contribution in [-0.2, 0) is 4.79 Å². The van der Waals surface area contributed by atoms with Crippen LogP contribution < -0.4 is 16.4 Å². The van der Waals surface area contributed by atoms with Crippen LogP contribution in [0.1, 0.15) is 10.4 Å². The molecule has 2 amide bonds. The number of aromatic hydroxyl groups is 2. The molecule has 0 fully saturated rings. The lowest BCUT2D eigenvalue weighted by Crippen LogP contribution is -2.38. The van der Waals surface area contributed by atoms with E-state index < -0.39 is 17.6 Å². The fraction of sp³-hybridized carbons (Fsp3) is 0.0833. The number of hydrogen-bond donors (Lipinski definition) is 4. The van der Waals surface area contributed by atoms with E-state index in [1.165, 1.54) is 17.5 Å². The Kier molecular flexibility index (Phi) is 3.94. The topological polar surface area (TPSA) is 143 Å². The molecule has 1 aromatic heterocycles. The molecule has 0 bridgehead atoms. The highest BCUT2D eigenvalue weighted by molar-refractivity contribution is 7.13. The van der Waals surface area contributed by atoms with Crippen LogP contribution in [0.2, 0.25) is 0 Å². The first kappa shape index (κ1) is 14.6. The Labute approximate surface area is 123 Å². The number of primary amides is 1. The number of carbonyl (C=O) groups is 2. The first-order valence-corrected chi connectivity index (χ1v) is 6.59. The highest BCUT2D eigenvalue weighted by atomic mass is 32.1. The number of nitrogens with two attached hydrogens (primary N) is 2. The number of amides is 2. The lowest BCUT2D eigenvalue weighted by atomic mass is 10.1. The Morgan fingerprint density at radius 1 is 1.29 bits per heavy atom. The molecule has 0 saturated carbocycles. The summed E-state index contributed by atoms with van der Waals surface area (Å²) in [5, 5.41) is 20.4. The zero-order valence-corrected chi connectivity index (χ0v) is 11.5. The van der Waals surface area contributed by atoms with Gasteiger partial charge in [-0.2, -0.15) is 0 Å². The SMILES string of the molecule is NC(=O)CN(C(=O)c1ccc(O)c(O)c1)c1csc(N)n1. The van der Waals surface area contributed by atoms with Crippen LogP contribution in [-0.4, -0.2) is 33.6 Å². The molecule has 0 saturated heterocycles. The number of nitrogen functional groups attached to an aromatic ring is 1. The highest BCUT2D eigenvalue weighted by Crippen LogP contribution is 2.27. The molecule has 0 aliphatic heterocycles. The average Bonchev–Trinajstić information content (AvgIpc) is 2.84. The Bertz CT molecular complexity index is 700. The molecule has 110 valence electrons. The second-order valence-corrected chi connectivity index (χ2v) is 4.99. The van der Waals surface area contributed by atoms with Crippen molar-refractivity contribution in [1.29, 1.82) is 0 Å². The summed E-state index contributed by atoms with van der Waals surface area (Å²) in [6.07, 6.45) is 0. The van der Waals surface area contributed by atoms with E-state index in [9.17, 15) is 19.8 Å². The van der Waals surface area contributed by atoms with Crippen LogP contribution in [0.25, 0.3) is 0 Å². The van der Waals surface area contributed by atoms with Gasteiger partial charge in [-0.3, -0.25) is 14.5 Å². The first-order valence-electron chi connectivity index (χ1n) is 5.71. The summed E-state index contributed by atoms with van der Waals surface area (Å²) in [6, 6.07) is 3.56. The number of aromatic nitrogens is 1. The van der Waals surface area contributed by atoms with Crippen molar-refractivity contribution in [1.82, 2.24) is 4.98 Å². The summed E-state index contributed by atoms with van der Waals surface area (Å²) in [5.41, 5.74) is 10.7. The van der Waals surface area contributed by atoms with E-state index in [-0.39, 0.29) is 28.8 Å². The van der Waals surface area contributed by atoms with Gasteiger partial charge in [0.1, 0.15) is 12.4 Å². The van der Waals surface area contributed by atoms with Crippen LogP contribution >= 0.6 is 11.3 Å². The van der Waals surface area contributed by atoms with Crippen LogP contribution in [0.4, 0.5) is 10.9 Å². The van der Waals surface area contributed by atoms with E-state index >= 15 is 0 Å². The second-order valence-electron chi connectivity index (χ2n) is 4.11. The summed E-state index contributed by atoms with van der Waals surface area (Å²) in [5.74, 6) is -1.94. The van der Waals surface area contributed by atoms with Crippen LogP contribution in [0, 0.1) is 0 Å². The van der Waals surface area contributed by atoms with E-state index in [1.54, 1.807) is 0 Å². The first-order chi connectivity index (χ1) is 9.88. The Morgan fingerprint density at radius 2 is 2.00 bits per heavy atom. The number of phenolic OH excluding ortho intramolecular Hbond substituents is 2. The summed E-state index contributed by atoms with van der Waals surface area (Å²) in [4.78, 5) is 28.5. The maximum atomic E-state index is 12.4. The summed E-state index contributed by atoms with van der Waals surface area (Å²) >= 11 is 1.11. The number of phenols is 2. The zero-order valence-electron chi connectivity index (χ0n) is 10.7. The maximum Gasteiger partial charge on any atom is 0.260 e. The van der Waals surface area contributed by atoms with Crippen molar-refractivity contribution in [2.45, 2.75) is 0 Å². The quantitative estimate of drug-likeness (QED) is 0.597. The fourth-order valence-corrected chi connectivity index (χ4v) is 2.18. The Balaban J connectivity index is 2.38. The number of carbonyl (C=O) groups excluding carboxylic acids is 2. The van der Waals surface area contributed by atoms with E-state index in [2.05, 4.69) is 4.98 Å². The van der Waals surface area contributed by atoms with Crippen molar-refractivity contribution in [3.8, 4) is 11.5 Å². The smallest absolute Gasteiger partial charge is 0.260 e. The van der Waals surface area contributed by atoms with Gasteiger partial charge in [0.05, 0.1) is 0 Å². The molecule has 0 unspecified atom stereocenters. The largest absolute Gasteiger partial charge is 0.504 e. The molecule has 0 aliphatic carbocycles. The minimum atomic E-state index is -0.724. The average molecular weight is 308 g/mol. The Morgan fingerprint density at radius 3 is 2.52 bits per heavy atom. The number of nitrogens with zero attached hydrogens (tertiary/aromatic N) is 2. The van der Waals surface area contributed by atoms with Crippen molar-refractivity contribution in [3.05, 3.63) is 29.1 Å². The molecule has 0 aliphatic rings. The van der Waals surface area contributed by atoms with Gasteiger partial charge in [0.25, 0.3) is 5.91 Å². The predicted molar refractivity (Wildman–Crippen MR) is 77.2 cm³/mol. The predicted octanol–water partition coefficient (Wildman–Crippen LogP) is 0.269. The lowest BCUT2D eigenvalue weighted by molar-refractivity contribution is -0.116. The molecule has 1 aromatic carbocycles. The normalized spacial score (nSPS) is 10.3. The highest BCUT2D eigenvalue weighted by Gasteiger charge is 2.22. The molecule has 0 spiro atoms. The summed E-state index contributed by atoms with van der Waals surface area (Å²) in [7, 11) is 0. The molecule has 9 heteroatoms. The van der Waals surface area contributed by atoms with Crippen LogP contribution in [0.15, 0.2) is 23.6 Å². The number of hydrogen-bond acceptors (Lipinski definition) is 7. The van der Waals surface area contributed by atoms with Gasteiger partial charge in [-0.1, -0.05) is 0 Å². The van der Waals surface area contributed by atoms with Crippen molar-refractivity contribution in [2.24, 2.45) is 5.73 Å². The van der Waals surface area contributed by atoms with E-state index in [4.69, 9.17) is 11.5 Å². The van der Waals surface area contributed by atoms with Crippen molar-refractivity contribution >= 4 is 34.1 Å². The van der Waals surface area contributed by atoms with E-state index in [0.29, 0.717) is 0 Å². The molecule has 2 rings (SSSR count). The van der Waals surface area contributed by atoms with Gasteiger partial charge < -0.3 is 21.7 Å². The van der Waals surface area contributed by atoms with Crippen molar-refractivity contribution in [3.63, 3.8) is 0 Å². The monoisotopic (exact) mass is 308 g/mol. The lowest BCUT2D eigenvalue weighted by Gasteiger charge is -2.18. The second kappa shape index (κ2) is 5.67. The molecular formula is C12H12N4O4S. The molecule has 6 N–H and O–H groups in total. The van der Waals surface area contributed by atoms with Crippen LogP contribution in [0.5, 0.6) is 11.5 Å². The zero-order chi connectivity index (χ0) is 15.6. The van der Waals surface area contributed by atoms with Gasteiger partial charge in [-0.05, 0) is 18.2 Å². The summed E-state index contributed by atoms with van der Waals surface area (Å²) < 4.78 is 0. The molecule has 2 aromatic rings. The maximum absolute atomic E-state index is 12.4. The molecule has 8 nitrogen and oxygen atoms in total. The standard InChI is InChI=1S/C12H12N4O4S/c13-9(19)4-16(10-5-21-12(14)15-10)11(20)6-1-2-7(17)8(18)3-6/h1-3,5,17-18H,4H2,(H2,13,19)(H2,14,15). The number of benzene rings is 1. The van der Waals surface area contributed by atoms with Gasteiger partial charge in [-0.15, -0.1) is 11.3 Å². The van der Waals surface area contributed by atoms with Crippen molar-refractivity contribution < 1.29 is 19.8 Å². The number of anilines is 2. The van der Waals surface area contributed by atoms with E-state index in [1.807, 2.05) is 0 Å². The third kappa shape index (κ3) is 3.20. The third-order valence-corrected chi connectivity index (χ3v) is 3.23. The van der Waals surface area contributed by atoms with Gasteiger partial charge in [0.2, 0.25) is 5.91 Å². The minimum Gasteiger partial charge on any atom is -0.504 e. The molecule has 0 atom stereocenters. The summed E-state index contributed by atoms with van der Waals surface area (Å²) in [6.45, 7) is -0.385. The molecule has 21 heavy (non-hydrogen) atoms. The van der Waals surface area contributed by atoms with Gasteiger partial charge >= 0.3 is 0 Å². The number of rotatable bonds is 4. The Hall–Kier alpha value is -2.81. The minimum absolute atomic E-state index is 0.0677. The van der Waals surface area contributed by atoms with Crippen LogP contribution in [0.3, 0.4) is 0 Å². The molecule has 1 heterocycles. The molecule has 0 radical (unpaired) electrons. The third-order valence-electron chi connectivity index (χ3n) is 2.57. The molecular weight excluding hydrogens is 296 g/mol. The van der Waals surface area contributed by atoms with E-state index in [0.717, 1.165) is 22.3 Å². The van der Waals surface area contributed by atoms with Gasteiger partial charge in [-0.25, -0.2) is 4.98 Å². The van der Waals surface area contributed by atoms with Crippen molar-refractivity contribution in [2.75, 3.05) is 17.2 Å². The van der Waals surface area contributed by atoms with Gasteiger partial charge in [0, 0.05) is 10.9 Å².